The van der Waals surface area contributed by atoms with Gasteiger partial charge in [0, 0.05) is 0 Å². The molecule has 1 fully saturated rings. The lowest BCUT2D eigenvalue weighted by Crippen LogP contribution is -2.22. The molecule has 0 radical (unpaired) electrons. The first-order valence-corrected chi connectivity index (χ1v) is 6.09. The van der Waals surface area contributed by atoms with Gasteiger partial charge in [-0.25, -0.2) is 4.79 Å². The second-order valence-electron chi connectivity index (χ2n) is 3.96. The number of hydrogen-bond acceptors (Lipinski definition) is 3. The Kier molecular flexibility index (Phi) is 4.72. The Hall–Kier alpha value is -2.82. The van der Waals surface area contributed by atoms with Crippen LogP contribution in [-0.2, 0) is 4.79 Å². The molecule has 20 heavy (non-hydrogen) atoms. The summed E-state index contributed by atoms with van der Waals surface area (Å²) in [5, 5.41) is 4.30. The molecule has 0 aliphatic carbocycles. The third-order valence-electron chi connectivity index (χ3n) is 2.38. The van der Waals surface area contributed by atoms with E-state index in [0.717, 1.165) is 11.5 Å². The Morgan fingerprint density at radius 1 is 0.800 bits per heavy atom. The van der Waals surface area contributed by atoms with E-state index in [1.165, 1.54) is 0 Å². The lowest BCUT2D eigenvalue weighted by Gasteiger charge is -2.03. The smallest absolute Gasteiger partial charge is 0.321 e. The van der Waals surface area contributed by atoms with Crippen molar-refractivity contribution >= 4 is 11.9 Å². The van der Waals surface area contributed by atoms with Crippen molar-refractivity contribution in [3.05, 3.63) is 60.7 Å². The van der Waals surface area contributed by atoms with Crippen LogP contribution in [0.4, 0.5) is 4.79 Å². The molecule has 0 saturated carbocycles. The molecule has 0 aromatic heterocycles. The summed E-state index contributed by atoms with van der Waals surface area (Å²) in [6.45, 7) is 0.124. The van der Waals surface area contributed by atoms with Crippen molar-refractivity contribution in [2.24, 2.45) is 0 Å². The molecule has 0 spiro atoms. The van der Waals surface area contributed by atoms with Crippen molar-refractivity contribution < 1.29 is 14.3 Å². The predicted octanol–water partition coefficient (Wildman–Crippen LogP) is 2.30. The van der Waals surface area contributed by atoms with Gasteiger partial charge in [0.05, 0.1) is 6.54 Å². The van der Waals surface area contributed by atoms with Crippen molar-refractivity contribution in [3.8, 4) is 11.5 Å². The van der Waals surface area contributed by atoms with Crippen molar-refractivity contribution in [3.63, 3.8) is 0 Å². The highest BCUT2D eigenvalue weighted by Gasteiger charge is 2.14. The van der Waals surface area contributed by atoms with E-state index in [1.807, 2.05) is 66.0 Å². The van der Waals surface area contributed by atoms with Gasteiger partial charge in [-0.15, -0.1) is 0 Å². The molecule has 2 N–H and O–H groups in total. The largest absolute Gasteiger partial charge is 0.457 e. The Labute approximate surface area is 116 Å². The van der Waals surface area contributed by atoms with Crippen molar-refractivity contribution in [2.75, 3.05) is 6.54 Å². The molecule has 1 aliphatic heterocycles. The van der Waals surface area contributed by atoms with E-state index < -0.39 is 6.03 Å². The molecular weight excluding hydrogens is 256 g/mol. The lowest BCUT2D eigenvalue weighted by atomic mass is 10.3. The Bertz CT molecular complexity index is 519. The van der Waals surface area contributed by atoms with Gasteiger partial charge in [-0.05, 0) is 24.3 Å². The molecule has 0 atom stereocenters. The highest BCUT2D eigenvalue weighted by atomic mass is 16.5. The van der Waals surface area contributed by atoms with Gasteiger partial charge < -0.3 is 10.1 Å². The van der Waals surface area contributed by atoms with Crippen LogP contribution < -0.4 is 15.4 Å². The zero-order chi connectivity index (χ0) is 14.2. The van der Waals surface area contributed by atoms with Gasteiger partial charge in [-0.2, -0.15) is 0 Å². The summed E-state index contributed by atoms with van der Waals surface area (Å²) >= 11 is 0. The van der Waals surface area contributed by atoms with Crippen LogP contribution in [0.2, 0.25) is 0 Å². The molecule has 2 aromatic carbocycles. The summed E-state index contributed by atoms with van der Waals surface area (Å²) in [5.41, 5.74) is 0. The fourth-order valence-electron chi connectivity index (χ4n) is 1.49. The van der Waals surface area contributed by atoms with Crippen LogP contribution >= 0.6 is 0 Å². The molecular formula is C15H14N2O3. The van der Waals surface area contributed by atoms with Crippen molar-refractivity contribution in [1.82, 2.24) is 10.6 Å². The maximum atomic E-state index is 10.1. The van der Waals surface area contributed by atoms with E-state index in [-0.39, 0.29) is 12.5 Å². The minimum Gasteiger partial charge on any atom is -0.457 e. The zero-order valence-corrected chi connectivity index (χ0v) is 10.7. The summed E-state index contributed by atoms with van der Waals surface area (Å²) in [4.78, 5) is 20.1. The average molecular weight is 270 g/mol. The summed E-state index contributed by atoms with van der Waals surface area (Å²) < 4.78 is 5.58. The van der Waals surface area contributed by atoms with Gasteiger partial charge in [0.2, 0.25) is 5.91 Å². The number of ether oxygens (including phenoxy) is 1. The van der Waals surface area contributed by atoms with Crippen LogP contribution in [0.25, 0.3) is 0 Å². The van der Waals surface area contributed by atoms with E-state index in [4.69, 9.17) is 4.74 Å². The molecule has 0 bridgehead atoms. The van der Waals surface area contributed by atoms with Gasteiger partial charge in [0.15, 0.2) is 0 Å². The number of imide groups is 1. The predicted molar refractivity (Wildman–Crippen MR) is 74.5 cm³/mol. The van der Waals surface area contributed by atoms with E-state index in [1.54, 1.807) is 0 Å². The van der Waals surface area contributed by atoms with E-state index in [2.05, 4.69) is 5.32 Å². The minimum absolute atomic E-state index is 0.124. The number of benzene rings is 2. The maximum Gasteiger partial charge on any atom is 0.321 e. The monoisotopic (exact) mass is 270 g/mol. The second-order valence-corrected chi connectivity index (χ2v) is 3.96. The topological polar surface area (TPSA) is 67.4 Å². The Morgan fingerprint density at radius 2 is 1.30 bits per heavy atom. The summed E-state index contributed by atoms with van der Waals surface area (Å²) in [6, 6.07) is 19.1. The van der Waals surface area contributed by atoms with Crippen molar-refractivity contribution in [2.45, 2.75) is 0 Å². The highest BCUT2D eigenvalue weighted by Crippen LogP contribution is 2.19. The molecule has 3 rings (SSSR count). The quantitative estimate of drug-likeness (QED) is 0.823. The van der Waals surface area contributed by atoms with Crippen LogP contribution in [0.5, 0.6) is 11.5 Å². The lowest BCUT2D eigenvalue weighted by molar-refractivity contribution is -0.117. The molecule has 0 unspecified atom stereocenters. The molecule has 1 saturated heterocycles. The normalized spacial score (nSPS) is 12.8. The van der Waals surface area contributed by atoms with Gasteiger partial charge in [-0.1, -0.05) is 36.4 Å². The molecule has 5 nitrogen and oxygen atoms in total. The molecule has 1 aliphatic rings. The number of rotatable bonds is 2. The van der Waals surface area contributed by atoms with Gasteiger partial charge in [-0.3, -0.25) is 10.1 Å². The van der Waals surface area contributed by atoms with E-state index >= 15 is 0 Å². The molecule has 2 aromatic rings. The maximum absolute atomic E-state index is 10.1. The van der Waals surface area contributed by atoms with Crippen LogP contribution in [0.15, 0.2) is 60.7 Å². The number of para-hydroxylation sites is 2. The van der Waals surface area contributed by atoms with Crippen LogP contribution in [-0.4, -0.2) is 18.5 Å². The fourth-order valence-corrected chi connectivity index (χ4v) is 1.49. The van der Waals surface area contributed by atoms with Crippen LogP contribution in [0.1, 0.15) is 0 Å². The number of nitrogens with one attached hydrogen (secondary N) is 2. The first kappa shape index (κ1) is 13.6. The van der Waals surface area contributed by atoms with Gasteiger partial charge in [0.1, 0.15) is 11.5 Å². The number of carbonyl (C=O) groups is 2. The molecule has 1 heterocycles. The first-order valence-electron chi connectivity index (χ1n) is 6.09. The standard InChI is InChI=1S/C12H10O.C3H4N2O2/c1-3-7-11(8-4-1)13-12-9-5-2-6-10-12;6-2-1-4-3(7)5-2/h1-10H;1H2,(H2,4,5,6,7). The highest BCUT2D eigenvalue weighted by molar-refractivity contribution is 6.01. The third-order valence-corrected chi connectivity index (χ3v) is 2.38. The number of carbonyl (C=O) groups excluding carboxylic acids is 2. The minimum atomic E-state index is -0.398. The summed E-state index contributed by atoms with van der Waals surface area (Å²) in [5.74, 6) is 1.48. The first-order chi connectivity index (χ1) is 9.74. The number of amides is 3. The van der Waals surface area contributed by atoms with E-state index in [0.29, 0.717) is 0 Å². The second kappa shape index (κ2) is 6.94. The average Bonchev–Trinajstić information content (AvgIpc) is 2.85. The fraction of sp³-hybridized carbons (Fsp3) is 0.0667. The Morgan fingerprint density at radius 3 is 1.60 bits per heavy atom. The summed E-state index contributed by atoms with van der Waals surface area (Å²) in [6.07, 6.45) is 0. The Balaban J connectivity index is 0.000000178. The van der Waals surface area contributed by atoms with Crippen molar-refractivity contribution in [1.29, 1.82) is 0 Å². The van der Waals surface area contributed by atoms with E-state index in [9.17, 15) is 9.59 Å². The SMILES string of the molecule is O=C1CNC(=O)N1.c1ccc(Oc2ccccc2)cc1. The molecule has 102 valence electrons. The number of hydrogen-bond donors (Lipinski definition) is 2. The number of urea groups is 1. The van der Waals surface area contributed by atoms with Crippen LogP contribution in [0, 0.1) is 0 Å². The summed E-state index contributed by atoms with van der Waals surface area (Å²) in [7, 11) is 0. The van der Waals surface area contributed by atoms with Crippen LogP contribution in [0.3, 0.4) is 0 Å². The van der Waals surface area contributed by atoms with Gasteiger partial charge >= 0.3 is 6.03 Å². The van der Waals surface area contributed by atoms with Gasteiger partial charge in [0.25, 0.3) is 0 Å². The zero-order valence-electron chi connectivity index (χ0n) is 10.7. The molecule has 5 heteroatoms. The molecule has 3 amide bonds. The third kappa shape index (κ3) is 4.45.